The first-order chi connectivity index (χ1) is 9.39. The minimum absolute atomic E-state index is 0.0965. The van der Waals surface area contributed by atoms with Gasteiger partial charge in [0.05, 0.1) is 17.7 Å². The van der Waals surface area contributed by atoms with Crippen molar-refractivity contribution in [2.75, 3.05) is 46.4 Å². The number of piperazine rings is 1. The molecule has 2 fully saturated rings. The topological polar surface area (TPSA) is 65.0 Å². The lowest BCUT2D eigenvalue weighted by atomic mass is 10.1. The van der Waals surface area contributed by atoms with Crippen LogP contribution in [-0.2, 0) is 9.53 Å². The first-order valence-electron chi connectivity index (χ1n) is 7.39. The van der Waals surface area contributed by atoms with E-state index >= 15 is 0 Å². The Morgan fingerprint density at radius 2 is 2.00 bits per heavy atom. The van der Waals surface area contributed by atoms with Crippen LogP contribution in [0.1, 0.15) is 20.3 Å². The van der Waals surface area contributed by atoms with Gasteiger partial charge in [0.1, 0.15) is 0 Å². The van der Waals surface area contributed by atoms with E-state index in [4.69, 9.17) is 4.74 Å². The van der Waals surface area contributed by atoms with Gasteiger partial charge in [-0.3, -0.25) is 9.69 Å². The molecule has 0 radical (unpaired) electrons. The van der Waals surface area contributed by atoms with Crippen LogP contribution in [0.25, 0.3) is 0 Å². The maximum Gasteiger partial charge on any atom is 0.239 e. The molecule has 116 valence electrons. The van der Waals surface area contributed by atoms with Crippen molar-refractivity contribution in [2.24, 2.45) is 0 Å². The van der Waals surface area contributed by atoms with E-state index in [2.05, 4.69) is 10.2 Å². The van der Waals surface area contributed by atoms with Crippen molar-refractivity contribution in [3.05, 3.63) is 0 Å². The van der Waals surface area contributed by atoms with Gasteiger partial charge >= 0.3 is 0 Å². The molecule has 2 rings (SSSR count). The summed E-state index contributed by atoms with van der Waals surface area (Å²) in [6.45, 7) is 8.19. The monoisotopic (exact) mass is 285 g/mol. The summed E-state index contributed by atoms with van der Waals surface area (Å²) in [6, 6.07) is -0.0965. The van der Waals surface area contributed by atoms with Crippen molar-refractivity contribution >= 4 is 5.91 Å². The van der Waals surface area contributed by atoms with E-state index < -0.39 is 5.60 Å². The van der Waals surface area contributed by atoms with Gasteiger partial charge in [-0.1, -0.05) is 0 Å². The van der Waals surface area contributed by atoms with Crippen LogP contribution in [0, 0.1) is 0 Å². The molecule has 2 N–H and O–H groups in total. The highest BCUT2D eigenvalue weighted by Crippen LogP contribution is 2.14. The second-order valence-electron chi connectivity index (χ2n) is 6.47. The van der Waals surface area contributed by atoms with E-state index in [1.807, 2.05) is 18.7 Å². The highest BCUT2D eigenvalue weighted by molar-refractivity contribution is 5.82. The highest BCUT2D eigenvalue weighted by atomic mass is 16.5. The fourth-order valence-electron chi connectivity index (χ4n) is 2.96. The lowest BCUT2D eigenvalue weighted by molar-refractivity contribution is -0.135. The average Bonchev–Trinajstić information content (AvgIpc) is 2.85. The van der Waals surface area contributed by atoms with Crippen LogP contribution in [-0.4, -0.2) is 84.9 Å². The quantitative estimate of drug-likeness (QED) is 0.713. The number of ether oxygens (including phenoxy) is 1. The Kier molecular flexibility index (Phi) is 5.01. The fraction of sp³-hybridized carbons (Fsp3) is 0.929. The SMILES string of the molecule is COC1CNC(C(=O)N2CCN(CC(C)(C)O)CC2)C1. The van der Waals surface area contributed by atoms with Crippen LogP contribution in [0.3, 0.4) is 0 Å². The number of nitrogens with one attached hydrogen (secondary N) is 1. The Bertz CT molecular complexity index is 335. The van der Waals surface area contributed by atoms with E-state index in [1.165, 1.54) is 0 Å². The number of methoxy groups -OCH3 is 1. The Hall–Kier alpha value is -0.690. The summed E-state index contributed by atoms with van der Waals surface area (Å²) in [5, 5.41) is 13.1. The number of carbonyl (C=O) groups excluding carboxylic acids is 1. The summed E-state index contributed by atoms with van der Waals surface area (Å²) < 4.78 is 5.28. The normalized spacial score (nSPS) is 28.9. The molecule has 6 nitrogen and oxygen atoms in total. The standard InChI is InChI=1S/C14H27N3O3/c1-14(2,19)10-16-4-6-17(7-5-16)13(18)12-8-11(20-3)9-15-12/h11-12,15,19H,4-10H2,1-3H3. The molecule has 2 atom stereocenters. The molecule has 2 saturated heterocycles. The lowest BCUT2D eigenvalue weighted by Crippen LogP contribution is -2.55. The van der Waals surface area contributed by atoms with Crippen LogP contribution < -0.4 is 5.32 Å². The lowest BCUT2D eigenvalue weighted by Gasteiger charge is -2.38. The molecule has 2 heterocycles. The van der Waals surface area contributed by atoms with E-state index in [0.717, 1.165) is 39.1 Å². The summed E-state index contributed by atoms with van der Waals surface area (Å²) in [6.07, 6.45) is 0.916. The van der Waals surface area contributed by atoms with Gasteiger partial charge in [0.2, 0.25) is 5.91 Å². The number of hydrogen-bond acceptors (Lipinski definition) is 5. The first-order valence-corrected chi connectivity index (χ1v) is 7.39. The van der Waals surface area contributed by atoms with E-state index in [9.17, 15) is 9.90 Å². The Labute approximate surface area is 121 Å². The minimum atomic E-state index is -0.676. The number of carbonyl (C=O) groups is 1. The van der Waals surface area contributed by atoms with Crippen molar-refractivity contribution in [3.8, 4) is 0 Å². The summed E-state index contributed by atoms with van der Waals surface area (Å²) in [4.78, 5) is 16.5. The third-order valence-corrected chi connectivity index (χ3v) is 4.02. The Morgan fingerprint density at radius 3 is 2.50 bits per heavy atom. The summed E-state index contributed by atoms with van der Waals surface area (Å²) in [5.41, 5.74) is -0.676. The molecule has 0 saturated carbocycles. The maximum absolute atomic E-state index is 12.4. The van der Waals surface area contributed by atoms with Crippen molar-refractivity contribution < 1.29 is 14.6 Å². The molecule has 0 aliphatic carbocycles. The molecular weight excluding hydrogens is 258 g/mol. The van der Waals surface area contributed by atoms with Crippen LogP contribution in [0.15, 0.2) is 0 Å². The zero-order valence-electron chi connectivity index (χ0n) is 12.8. The van der Waals surface area contributed by atoms with Gasteiger partial charge in [-0.05, 0) is 20.3 Å². The molecule has 2 aliphatic heterocycles. The fourth-order valence-corrected chi connectivity index (χ4v) is 2.96. The molecule has 2 aliphatic rings. The number of nitrogens with zero attached hydrogens (tertiary/aromatic N) is 2. The molecule has 1 amide bonds. The van der Waals surface area contributed by atoms with Gasteiger partial charge in [-0.2, -0.15) is 0 Å². The molecule has 0 aromatic carbocycles. The number of β-amino-alcohol motifs (C(OH)–C–C–N with tert-alkyl or cyclic N) is 1. The first kappa shape index (κ1) is 15.7. The van der Waals surface area contributed by atoms with Crippen molar-refractivity contribution in [3.63, 3.8) is 0 Å². The van der Waals surface area contributed by atoms with Crippen molar-refractivity contribution in [2.45, 2.75) is 38.0 Å². The highest BCUT2D eigenvalue weighted by Gasteiger charge is 2.33. The average molecular weight is 285 g/mol. The maximum atomic E-state index is 12.4. The van der Waals surface area contributed by atoms with Gasteiger partial charge in [0.15, 0.2) is 0 Å². The van der Waals surface area contributed by atoms with Crippen molar-refractivity contribution in [1.82, 2.24) is 15.1 Å². The molecule has 20 heavy (non-hydrogen) atoms. The van der Waals surface area contributed by atoms with Gasteiger partial charge in [0, 0.05) is 46.4 Å². The molecule has 0 aromatic heterocycles. The molecule has 0 bridgehead atoms. The number of amides is 1. The van der Waals surface area contributed by atoms with Gasteiger partial charge in [-0.25, -0.2) is 0 Å². The second-order valence-corrected chi connectivity index (χ2v) is 6.47. The summed E-state index contributed by atoms with van der Waals surface area (Å²) in [7, 11) is 1.69. The van der Waals surface area contributed by atoms with Crippen LogP contribution in [0.4, 0.5) is 0 Å². The third kappa shape index (κ3) is 4.15. The summed E-state index contributed by atoms with van der Waals surface area (Å²) >= 11 is 0. The van der Waals surface area contributed by atoms with E-state index in [1.54, 1.807) is 7.11 Å². The summed E-state index contributed by atoms with van der Waals surface area (Å²) in [5.74, 6) is 0.187. The zero-order chi connectivity index (χ0) is 14.8. The van der Waals surface area contributed by atoms with Crippen LogP contribution in [0.2, 0.25) is 0 Å². The van der Waals surface area contributed by atoms with Gasteiger partial charge in [0.25, 0.3) is 0 Å². The number of hydrogen-bond donors (Lipinski definition) is 2. The Morgan fingerprint density at radius 1 is 1.35 bits per heavy atom. The molecule has 6 heteroatoms. The largest absolute Gasteiger partial charge is 0.389 e. The van der Waals surface area contributed by atoms with Gasteiger partial charge in [-0.15, -0.1) is 0 Å². The number of rotatable bonds is 4. The van der Waals surface area contributed by atoms with Crippen molar-refractivity contribution in [1.29, 1.82) is 0 Å². The predicted octanol–water partition coefficient (Wildman–Crippen LogP) is -0.722. The molecule has 2 unspecified atom stereocenters. The molecule has 0 spiro atoms. The van der Waals surface area contributed by atoms with Gasteiger partial charge < -0.3 is 20.1 Å². The second kappa shape index (κ2) is 6.39. The van der Waals surface area contributed by atoms with Crippen LogP contribution in [0.5, 0.6) is 0 Å². The van der Waals surface area contributed by atoms with E-state index in [-0.39, 0.29) is 18.1 Å². The molecule has 0 aromatic rings. The van der Waals surface area contributed by atoms with Crippen LogP contribution >= 0.6 is 0 Å². The number of aliphatic hydroxyl groups is 1. The Balaban J connectivity index is 1.77. The van der Waals surface area contributed by atoms with E-state index in [0.29, 0.717) is 6.54 Å². The molecular formula is C14H27N3O3. The zero-order valence-corrected chi connectivity index (χ0v) is 12.8. The third-order valence-electron chi connectivity index (χ3n) is 4.02. The predicted molar refractivity (Wildman–Crippen MR) is 76.5 cm³/mol. The minimum Gasteiger partial charge on any atom is -0.389 e. The smallest absolute Gasteiger partial charge is 0.239 e.